The lowest BCUT2D eigenvalue weighted by Gasteiger charge is -2.48. The van der Waals surface area contributed by atoms with Crippen LogP contribution in [0.4, 0.5) is 0 Å². The van der Waals surface area contributed by atoms with E-state index in [9.17, 15) is 9.59 Å². The van der Waals surface area contributed by atoms with Gasteiger partial charge in [0.05, 0.1) is 28.2 Å². The Kier molecular flexibility index (Phi) is 8.08. The molecule has 3 atom stereocenters. The molecule has 2 aliphatic rings. The topological polar surface area (TPSA) is 63.4 Å². The first-order valence-corrected chi connectivity index (χ1v) is 14.1. The highest BCUT2D eigenvalue weighted by Crippen LogP contribution is 2.40. The largest absolute Gasteiger partial charge is 0.327 e. The van der Waals surface area contributed by atoms with E-state index in [-0.39, 0.29) is 23.8 Å². The van der Waals surface area contributed by atoms with Crippen molar-refractivity contribution < 1.29 is 9.59 Å². The number of halogens is 2. The van der Waals surface area contributed by atoms with E-state index >= 15 is 0 Å². The predicted molar refractivity (Wildman–Crippen MR) is 160 cm³/mol. The fourth-order valence-electron chi connectivity index (χ4n) is 5.67. The maximum absolute atomic E-state index is 14.1. The lowest BCUT2D eigenvalue weighted by atomic mass is 9.75. The maximum atomic E-state index is 14.1. The predicted octanol–water partition coefficient (Wildman–Crippen LogP) is 6.98. The molecule has 2 unspecified atom stereocenters. The van der Waals surface area contributed by atoms with E-state index in [1.54, 1.807) is 12.1 Å². The van der Waals surface area contributed by atoms with Gasteiger partial charge >= 0.3 is 0 Å². The second kappa shape index (κ2) is 11.5. The molecule has 2 N–H and O–H groups in total. The van der Waals surface area contributed by atoms with Gasteiger partial charge in [0.2, 0.25) is 5.91 Å². The van der Waals surface area contributed by atoms with Crippen molar-refractivity contribution in [3.05, 3.63) is 116 Å². The summed E-state index contributed by atoms with van der Waals surface area (Å²) in [6, 6.07) is 19.9. The van der Waals surface area contributed by atoms with Gasteiger partial charge in [0.25, 0.3) is 0 Å². The molecule has 2 heterocycles. The molecule has 2 fully saturated rings. The second-order valence-electron chi connectivity index (χ2n) is 10.5. The molecule has 2 bridgehead atoms. The summed E-state index contributed by atoms with van der Waals surface area (Å²) in [5.41, 5.74) is 12.8. The highest BCUT2D eigenvalue weighted by Gasteiger charge is 2.47. The second-order valence-corrected chi connectivity index (χ2v) is 11.4. The van der Waals surface area contributed by atoms with Gasteiger partial charge in [-0.25, -0.2) is 0 Å². The maximum Gasteiger partial charge on any atom is 0.240 e. The van der Waals surface area contributed by atoms with Crippen molar-refractivity contribution >= 4 is 47.0 Å². The summed E-state index contributed by atoms with van der Waals surface area (Å²) in [4.78, 5) is 30.0. The third-order valence-electron chi connectivity index (χ3n) is 7.86. The standard InChI is InChI=1S/C33H32Cl2N2O2/c1-20-11-12-23(15-21(20)2)16-25-30-9-6-10-31(26(32(25)38)17-24-13-14-27(34)28(35)18-24)37(30)33(39)29(36)19-22-7-4-3-5-8-22/h3-5,7-8,11-18,29-31H,6,9-10,19,36H2,1-2H3/b25-16+,26-17+/t29-,30?,31?/m0/s1. The number of carbonyl (C=O) groups is 2. The number of ketones is 1. The molecule has 0 spiro atoms. The number of aryl methyl sites for hydroxylation is 2. The molecule has 2 aliphatic heterocycles. The monoisotopic (exact) mass is 558 g/mol. The third kappa shape index (κ3) is 5.74. The third-order valence-corrected chi connectivity index (χ3v) is 8.60. The molecule has 39 heavy (non-hydrogen) atoms. The first-order valence-electron chi connectivity index (χ1n) is 13.3. The van der Waals surface area contributed by atoms with E-state index < -0.39 is 6.04 Å². The Bertz CT molecular complexity index is 1400. The number of Topliss-reactive ketones (excluding diaryl/α,β-unsaturated/α-hetero) is 1. The first kappa shape index (κ1) is 27.4. The smallest absolute Gasteiger partial charge is 0.240 e. The normalized spacial score (nSPS) is 21.9. The summed E-state index contributed by atoms with van der Waals surface area (Å²) in [5.74, 6) is -0.165. The molecule has 200 valence electrons. The van der Waals surface area contributed by atoms with Crippen LogP contribution in [0.2, 0.25) is 10.0 Å². The molecule has 3 aromatic rings. The van der Waals surface area contributed by atoms with Gasteiger partial charge in [0.1, 0.15) is 0 Å². The summed E-state index contributed by atoms with van der Waals surface area (Å²) in [7, 11) is 0. The van der Waals surface area contributed by atoms with E-state index in [2.05, 4.69) is 26.0 Å². The van der Waals surface area contributed by atoms with Gasteiger partial charge in [-0.1, -0.05) is 77.8 Å². The average molecular weight is 560 g/mol. The SMILES string of the molecule is Cc1ccc(/C=C2/C(=O)/C(=C/c3ccc(Cl)c(Cl)c3)C3CCCC2N3C(=O)[C@@H](N)Cc2ccccc2)cc1C. The van der Waals surface area contributed by atoms with Crippen molar-refractivity contribution in [3.63, 3.8) is 0 Å². The van der Waals surface area contributed by atoms with Crippen molar-refractivity contribution in [1.82, 2.24) is 4.90 Å². The quantitative estimate of drug-likeness (QED) is 0.343. The molecule has 0 saturated carbocycles. The number of carbonyl (C=O) groups excluding carboxylic acids is 2. The van der Waals surface area contributed by atoms with Crippen molar-refractivity contribution in [2.24, 2.45) is 5.73 Å². The molecular formula is C33H32Cl2N2O2. The Hall–Kier alpha value is -3.18. The number of benzene rings is 3. The zero-order chi connectivity index (χ0) is 27.7. The summed E-state index contributed by atoms with van der Waals surface area (Å²) in [6.07, 6.45) is 6.58. The molecule has 3 aromatic carbocycles. The van der Waals surface area contributed by atoms with E-state index in [4.69, 9.17) is 28.9 Å². The van der Waals surface area contributed by atoms with Gasteiger partial charge in [0, 0.05) is 11.1 Å². The molecule has 4 nitrogen and oxygen atoms in total. The van der Waals surface area contributed by atoms with Crippen LogP contribution < -0.4 is 5.73 Å². The Labute approximate surface area is 240 Å². The summed E-state index contributed by atoms with van der Waals surface area (Å²) in [6.45, 7) is 4.13. The van der Waals surface area contributed by atoms with Crippen LogP contribution >= 0.6 is 23.2 Å². The molecular weight excluding hydrogens is 527 g/mol. The minimum absolute atomic E-state index is 0.0327. The van der Waals surface area contributed by atoms with Crippen molar-refractivity contribution in [2.45, 2.75) is 57.7 Å². The summed E-state index contributed by atoms with van der Waals surface area (Å²) in [5, 5.41) is 0.866. The van der Waals surface area contributed by atoms with Crippen LogP contribution in [0.1, 0.15) is 47.1 Å². The minimum Gasteiger partial charge on any atom is -0.327 e. The van der Waals surface area contributed by atoms with E-state index in [1.807, 2.05) is 59.5 Å². The van der Waals surface area contributed by atoms with E-state index in [0.29, 0.717) is 34.0 Å². The average Bonchev–Trinajstić information content (AvgIpc) is 2.93. The molecule has 0 aromatic heterocycles. The van der Waals surface area contributed by atoms with Gasteiger partial charge in [-0.2, -0.15) is 0 Å². The first-order chi connectivity index (χ1) is 18.7. The molecule has 1 amide bonds. The van der Waals surface area contributed by atoms with E-state index in [0.717, 1.165) is 35.1 Å². The van der Waals surface area contributed by atoms with Crippen molar-refractivity contribution in [2.75, 3.05) is 0 Å². The summed E-state index contributed by atoms with van der Waals surface area (Å²) >= 11 is 12.4. The molecule has 5 rings (SSSR count). The van der Waals surface area contributed by atoms with Crippen LogP contribution in [0.15, 0.2) is 77.9 Å². The number of rotatable bonds is 5. The minimum atomic E-state index is -0.710. The van der Waals surface area contributed by atoms with Gasteiger partial charge < -0.3 is 10.6 Å². The van der Waals surface area contributed by atoms with Crippen LogP contribution in [-0.4, -0.2) is 34.7 Å². The Balaban J connectivity index is 1.59. The Morgan fingerprint density at radius 3 is 2.13 bits per heavy atom. The lowest BCUT2D eigenvalue weighted by molar-refractivity contribution is -0.139. The number of amides is 1. The highest BCUT2D eigenvalue weighted by molar-refractivity contribution is 6.42. The van der Waals surface area contributed by atoms with Gasteiger partial charge in [0.15, 0.2) is 5.78 Å². The highest BCUT2D eigenvalue weighted by atomic mass is 35.5. The molecule has 2 saturated heterocycles. The van der Waals surface area contributed by atoms with Crippen LogP contribution in [0, 0.1) is 13.8 Å². The molecule has 0 radical (unpaired) electrons. The number of hydrogen-bond donors (Lipinski definition) is 1. The van der Waals surface area contributed by atoms with Crippen LogP contribution in [0.5, 0.6) is 0 Å². The Morgan fingerprint density at radius 2 is 1.51 bits per heavy atom. The van der Waals surface area contributed by atoms with Crippen LogP contribution in [0.25, 0.3) is 12.2 Å². The number of nitrogens with zero attached hydrogens (tertiary/aromatic N) is 1. The van der Waals surface area contributed by atoms with Gasteiger partial charge in [-0.15, -0.1) is 0 Å². The molecule has 0 aliphatic carbocycles. The Morgan fingerprint density at radius 1 is 0.897 bits per heavy atom. The zero-order valence-electron chi connectivity index (χ0n) is 22.2. The van der Waals surface area contributed by atoms with Gasteiger partial charge in [-0.3, -0.25) is 9.59 Å². The number of piperidine rings is 2. The van der Waals surface area contributed by atoms with Crippen LogP contribution in [0.3, 0.4) is 0 Å². The zero-order valence-corrected chi connectivity index (χ0v) is 23.7. The number of nitrogens with two attached hydrogens (primary N) is 1. The van der Waals surface area contributed by atoms with Crippen LogP contribution in [-0.2, 0) is 16.0 Å². The number of hydrogen-bond acceptors (Lipinski definition) is 3. The summed E-state index contributed by atoms with van der Waals surface area (Å²) < 4.78 is 0. The molecule has 6 heteroatoms. The van der Waals surface area contributed by atoms with Gasteiger partial charge in [-0.05, 0) is 91.6 Å². The fraction of sp³-hybridized carbons (Fsp3) is 0.273. The van der Waals surface area contributed by atoms with Crippen molar-refractivity contribution in [3.8, 4) is 0 Å². The number of fused-ring (bicyclic) bond motifs is 2. The lowest BCUT2D eigenvalue weighted by Crippen LogP contribution is -2.61. The van der Waals surface area contributed by atoms with E-state index in [1.165, 1.54) is 5.56 Å². The van der Waals surface area contributed by atoms with Crippen molar-refractivity contribution in [1.29, 1.82) is 0 Å². The fourth-order valence-corrected chi connectivity index (χ4v) is 5.98.